The van der Waals surface area contributed by atoms with E-state index in [4.69, 9.17) is 0 Å². The van der Waals surface area contributed by atoms with Crippen molar-refractivity contribution in [2.45, 2.75) is 6.92 Å². The van der Waals surface area contributed by atoms with Crippen LogP contribution in [-0.4, -0.2) is 20.7 Å². The van der Waals surface area contributed by atoms with E-state index in [9.17, 15) is 4.79 Å². The number of ketones is 1. The van der Waals surface area contributed by atoms with Gasteiger partial charge in [-0.2, -0.15) is 0 Å². The third-order valence-corrected chi connectivity index (χ3v) is 2.16. The van der Waals surface area contributed by atoms with Gasteiger partial charge in [-0.15, -0.1) is 11.3 Å². The van der Waals surface area contributed by atoms with Crippen LogP contribution in [0, 0.1) is 0 Å². The van der Waals surface area contributed by atoms with Gasteiger partial charge < -0.3 is 0 Å². The lowest BCUT2D eigenvalue weighted by atomic mass is 10.4. The molecule has 0 N–H and O–H groups in total. The standard InChI is InChI=1S/C7H5N3OS/c1-4(11)6-8-2-5-7(10-6)9-3-12-5/h2-3H,1H3. The molecule has 60 valence electrons. The molecule has 0 aliphatic carbocycles. The summed E-state index contributed by atoms with van der Waals surface area (Å²) in [5.41, 5.74) is 2.28. The number of nitrogens with zero attached hydrogens (tertiary/aromatic N) is 3. The molecule has 0 aliphatic heterocycles. The Kier molecular flexibility index (Phi) is 1.58. The van der Waals surface area contributed by atoms with E-state index >= 15 is 0 Å². The van der Waals surface area contributed by atoms with Gasteiger partial charge in [-0.3, -0.25) is 4.79 Å². The number of hydrogen-bond donors (Lipinski definition) is 0. The third-order valence-electron chi connectivity index (χ3n) is 1.41. The number of carbonyl (C=O) groups excluding carboxylic acids is 1. The third kappa shape index (κ3) is 1.08. The summed E-state index contributed by atoms with van der Waals surface area (Å²) in [6.45, 7) is 1.44. The van der Waals surface area contributed by atoms with Crippen LogP contribution in [0.5, 0.6) is 0 Å². The smallest absolute Gasteiger partial charge is 0.197 e. The van der Waals surface area contributed by atoms with Gasteiger partial charge in [0.1, 0.15) is 0 Å². The molecule has 0 saturated carbocycles. The first kappa shape index (κ1) is 7.30. The zero-order valence-corrected chi connectivity index (χ0v) is 7.13. The number of Topliss-reactive ketones (excluding diaryl/α,β-unsaturated/α-hetero) is 1. The van der Waals surface area contributed by atoms with Crippen molar-refractivity contribution in [2.75, 3.05) is 0 Å². The maximum atomic E-state index is 10.9. The molecule has 0 saturated heterocycles. The van der Waals surface area contributed by atoms with E-state index < -0.39 is 0 Å². The molecule has 0 radical (unpaired) electrons. The van der Waals surface area contributed by atoms with E-state index in [2.05, 4.69) is 15.0 Å². The summed E-state index contributed by atoms with van der Waals surface area (Å²) < 4.78 is 0.903. The summed E-state index contributed by atoms with van der Waals surface area (Å²) >= 11 is 1.46. The van der Waals surface area contributed by atoms with Crippen molar-refractivity contribution in [1.82, 2.24) is 15.0 Å². The van der Waals surface area contributed by atoms with Crippen molar-refractivity contribution in [2.24, 2.45) is 0 Å². The molecule has 2 aromatic rings. The molecule has 2 aromatic heterocycles. The van der Waals surface area contributed by atoms with Crippen LogP contribution in [-0.2, 0) is 0 Å². The Bertz CT molecular complexity index is 437. The summed E-state index contributed by atoms with van der Waals surface area (Å²) in [6, 6.07) is 0. The Morgan fingerprint density at radius 1 is 1.50 bits per heavy atom. The quantitative estimate of drug-likeness (QED) is 0.619. The Balaban J connectivity index is 2.68. The van der Waals surface area contributed by atoms with Crippen LogP contribution in [0.25, 0.3) is 10.3 Å². The molecule has 2 rings (SSSR count). The predicted octanol–water partition coefficient (Wildman–Crippen LogP) is 1.29. The molecule has 0 spiro atoms. The summed E-state index contributed by atoms with van der Waals surface area (Å²) in [5.74, 6) is 0.0956. The normalized spacial score (nSPS) is 10.4. The zero-order chi connectivity index (χ0) is 8.55. The highest BCUT2D eigenvalue weighted by molar-refractivity contribution is 7.16. The molecule has 0 atom stereocenters. The van der Waals surface area contributed by atoms with Gasteiger partial charge in [0, 0.05) is 6.92 Å². The minimum atomic E-state index is -0.134. The molecular weight excluding hydrogens is 174 g/mol. The van der Waals surface area contributed by atoms with Crippen LogP contribution in [0.15, 0.2) is 11.7 Å². The van der Waals surface area contributed by atoms with Crippen LogP contribution in [0.2, 0.25) is 0 Å². The highest BCUT2D eigenvalue weighted by Gasteiger charge is 2.05. The second-order valence-electron chi connectivity index (χ2n) is 2.29. The molecule has 0 fully saturated rings. The van der Waals surface area contributed by atoms with E-state index in [1.807, 2.05) is 0 Å². The molecule has 0 bridgehead atoms. The zero-order valence-electron chi connectivity index (χ0n) is 6.31. The SMILES string of the molecule is CC(=O)c1ncc2scnc2n1. The first-order valence-electron chi connectivity index (χ1n) is 3.34. The Hall–Kier alpha value is -1.36. The second kappa shape index (κ2) is 2.60. The fourth-order valence-corrected chi connectivity index (χ4v) is 1.42. The van der Waals surface area contributed by atoms with Gasteiger partial charge in [0.2, 0.25) is 0 Å². The van der Waals surface area contributed by atoms with Crippen LogP contribution in [0.1, 0.15) is 17.5 Å². The second-order valence-corrected chi connectivity index (χ2v) is 3.18. The Morgan fingerprint density at radius 2 is 2.33 bits per heavy atom. The van der Waals surface area contributed by atoms with Gasteiger partial charge in [0.25, 0.3) is 0 Å². The fourth-order valence-electron chi connectivity index (χ4n) is 0.840. The number of carbonyl (C=O) groups is 1. The number of hydrogen-bond acceptors (Lipinski definition) is 5. The van der Waals surface area contributed by atoms with E-state index in [-0.39, 0.29) is 11.6 Å². The predicted molar refractivity (Wildman–Crippen MR) is 45.2 cm³/mol. The largest absolute Gasteiger partial charge is 0.291 e. The van der Waals surface area contributed by atoms with E-state index in [0.717, 1.165) is 4.70 Å². The summed E-state index contributed by atoms with van der Waals surface area (Å²) in [5, 5.41) is 0. The molecule has 2 heterocycles. The monoisotopic (exact) mass is 179 g/mol. The Morgan fingerprint density at radius 3 is 3.08 bits per heavy atom. The van der Waals surface area contributed by atoms with Gasteiger partial charge in [-0.25, -0.2) is 15.0 Å². The topological polar surface area (TPSA) is 55.7 Å². The van der Waals surface area contributed by atoms with Crippen molar-refractivity contribution in [3.63, 3.8) is 0 Å². The summed E-state index contributed by atoms with van der Waals surface area (Å²) in [7, 11) is 0. The molecule has 0 aliphatic rings. The summed E-state index contributed by atoms with van der Waals surface area (Å²) in [6.07, 6.45) is 1.62. The molecular formula is C7H5N3OS. The van der Waals surface area contributed by atoms with Gasteiger partial charge in [-0.1, -0.05) is 0 Å². The average Bonchev–Trinajstić information content (AvgIpc) is 2.49. The molecule has 0 aromatic carbocycles. The summed E-state index contributed by atoms with van der Waals surface area (Å²) in [4.78, 5) is 22.7. The average molecular weight is 179 g/mol. The lowest BCUT2D eigenvalue weighted by Gasteiger charge is -1.91. The highest BCUT2D eigenvalue weighted by Crippen LogP contribution is 2.13. The number of rotatable bonds is 1. The van der Waals surface area contributed by atoms with Crippen molar-refractivity contribution in [3.05, 3.63) is 17.5 Å². The van der Waals surface area contributed by atoms with Gasteiger partial charge >= 0.3 is 0 Å². The minimum absolute atomic E-state index is 0.134. The van der Waals surface area contributed by atoms with Crippen LogP contribution in [0.3, 0.4) is 0 Å². The molecule has 0 unspecified atom stereocenters. The molecule has 5 heteroatoms. The van der Waals surface area contributed by atoms with E-state index in [1.165, 1.54) is 18.3 Å². The van der Waals surface area contributed by atoms with E-state index in [0.29, 0.717) is 5.65 Å². The first-order chi connectivity index (χ1) is 5.77. The first-order valence-corrected chi connectivity index (χ1v) is 4.22. The highest BCUT2D eigenvalue weighted by atomic mass is 32.1. The van der Waals surface area contributed by atoms with Gasteiger partial charge in [-0.05, 0) is 0 Å². The molecule has 4 nitrogen and oxygen atoms in total. The fraction of sp³-hybridized carbons (Fsp3) is 0.143. The number of fused-ring (bicyclic) bond motifs is 1. The van der Waals surface area contributed by atoms with Crippen LogP contribution in [0.4, 0.5) is 0 Å². The molecule has 12 heavy (non-hydrogen) atoms. The molecule has 0 amide bonds. The maximum absolute atomic E-state index is 10.9. The number of thiazole rings is 1. The van der Waals surface area contributed by atoms with Crippen molar-refractivity contribution < 1.29 is 4.79 Å². The Labute approximate surface area is 72.3 Å². The van der Waals surface area contributed by atoms with Crippen molar-refractivity contribution in [1.29, 1.82) is 0 Å². The van der Waals surface area contributed by atoms with Crippen molar-refractivity contribution >= 4 is 27.5 Å². The number of aromatic nitrogens is 3. The van der Waals surface area contributed by atoms with E-state index in [1.54, 1.807) is 11.7 Å². The van der Waals surface area contributed by atoms with Crippen LogP contribution >= 0.6 is 11.3 Å². The van der Waals surface area contributed by atoms with Crippen molar-refractivity contribution in [3.8, 4) is 0 Å². The van der Waals surface area contributed by atoms with Gasteiger partial charge in [0.15, 0.2) is 17.3 Å². The van der Waals surface area contributed by atoms with Crippen LogP contribution < -0.4 is 0 Å². The van der Waals surface area contributed by atoms with Gasteiger partial charge in [0.05, 0.1) is 16.4 Å². The lowest BCUT2D eigenvalue weighted by Crippen LogP contribution is -1.99. The minimum Gasteiger partial charge on any atom is -0.291 e. The lowest BCUT2D eigenvalue weighted by molar-refractivity contribution is 0.100. The maximum Gasteiger partial charge on any atom is 0.197 e.